The molecule has 0 atom stereocenters. The zero-order valence-corrected chi connectivity index (χ0v) is 8.74. The summed E-state index contributed by atoms with van der Waals surface area (Å²) in [5.74, 6) is 0. The van der Waals surface area contributed by atoms with Crippen molar-refractivity contribution in [2.75, 3.05) is 25.4 Å². The lowest BCUT2D eigenvalue weighted by atomic mass is 10.2. The molecule has 1 fully saturated rings. The van der Waals surface area contributed by atoms with Gasteiger partial charge in [-0.25, -0.2) is 0 Å². The lowest BCUT2D eigenvalue weighted by Gasteiger charge is -2.14. The third kappa shape index (κ3) is 1.90. The van der Waals surface area contributed by atoms with Crippen LogP contribution in [0.4, 0.5) is 5.69 Å². The summed E-state index contributed by atoms with van der Waals surface area (Å²) in [4.78, 5) is 2.49. The summed E-state index contributed by atoms with van der Waals surface area (Å²) in [5, 5.41) is 4.13. The molecule has 4 heteroatoms. The molecule has 0 aromatic carbocycles. The third-order valence-corrected chi connectivity index (χ3v) is 2.96. The minimum Gasteiger partial charge on any atom is -0.396 e. The number of hydrogen-bond acceptors (Lipinski definition) is 3. The first-order chi connectivity index (χ1) is 6.77. The topological polar surface area (TPSA) is 47.1 Å². The molecule has 1 aromatic rings. The summed E-state index contributed by atoms with van der Waals surface area (Å²) >= 11 is 0. The summed E-state index contributed by atoms with van der Waals surface area (Å²) in [7, 11) is 1.95. The van der Waals surface area contributed by atoms with Gasteiger partial charge < -0.3 is 10.6 Å². The highest BCUT2D eigenvalue weighted by atomic mass is 15.3. The Morgan fingerprint density at radius 2 is 2.14 bits per heavy atom. The minimum absolute atomic E-state index is 0.826. The van der Waals surface area contributed by atoms with Crippen molar-refractivity contribution >= 4 is 5.69 Å². The number of aryl methyl sites for hydroxylation is 1. The fraction of sp³-hybridized carbons (Fsp3) is 0.700. The Balaban J connectivity index is 1.90. The van der Waals surface area contributed by atoms with E-state index in [9.17, 15) is 0 Å². The van der Waals surface area contributed by atoms with Crippen LogP contribution in [0.2, 0.25) is 0 Å². The van der Waals surface area contributed by atoms with Gasteiger partial charge in [0.1, 0.15) is 0 Å². The van der Waals surface area contributed by atoms with Crippen LogP contribution in [0, 0.1) is 0 Å². The molecule has 1 aliphatic heterocycles. The van der Waals surface area contributed by atoms with Crippen LogP contribution in [0.1, 0.15) is 18.5 Å². The molecule has 0 saturated carbocycles. The summed E-state index contributed by atoms with van der Waals surface area (Å²) in [5.41, 5.74) is 7.81. The predicted octanol–water partition coefficient (Wildman–Crippen LogP) is 0.641. The Bertz CT molecular complexity index is 280. The summed E-state index contributed by atoms with van der Waals surface area (Å²) in [6.45, 7) is 3.61. The van der Waals surface area contributed by atoms with Gasteiger partial charge in [0.15, 0.2) is 0 Å². The maximum absolute atomic E-state index is 5.82. The van der Waals surface area contributed by atoms with E-state index in [2.05, 4.69) is 10.00 Å². The molecule has 0 amide bonds. The molecule has 0 aliphatic carbocycles. The Morgan fingerprint density at radius 3 is 2.71 bits per heavy atom. The van der Waals surface area contributed by atoms with Crippen molar-refractivity contribution in [3.05, 3.63) is 11.9 Å². The van der Waals surface area contributed by atoms with E-state index in [-0.39, 0.29) is 0 Å². The zero-order valence-electron chi connectivity index (χ0n) is 8.74. The second-order valence-corrected chi connectivity index (χ2v) is 3.97. The van der Waals surface area contributed by atoms with Gasteiger partial charge >= 0.3 is 0 Å². The smallest absolute Gasteiger partial charge is 0.0733 e. The van der Waals surface area contributed by atoms with Crippen LogP contribution < -0.4 is 5.73 Å². The molecule has 0 bridgehead atoms. The lowest BCUT2D eigenvalue weighted by Crippen LogP contribution is -2.23. The van der Waals surface area contributed by atoms with Crippen LogP contribution >= 0.6 is 0 Å². The molecule has 2 rings (SSSR count). The van der Waals surface area contributed by atoms with Gasteiger partial charge in [-0.15, -0.1) is 0 Å². The summed E-state index contributed by atoms with van der Waals surface area (Å²) < 4.78 is 1.88. The van der Waals surface area contributed by atoms with Crippen LogP contribution in [0.15, 0.2) is 6.20 Å². The van der Waals surface area contributed by atoms with Crippen molar-refractivity contribution in [3.63, 3.8) is 0 Å². The second kappa shape index (κ2) is 4.00. The SMILES string of the molecule is Cn1ncc(N)c1CCN1CCCC1. The molecule has 0 spiro atoms. The Morgan fingerprint density at radius 1 is 1.43 bits per heavy atom. The number of rotatable bonds is 3. The van der Waals surface area contributed by atoms with E-state index >= 15 is 0 Å². The average Bonchev–Trinajstić information content (AvgIpc) is 2.76. The number of aromatic nitrogens is 2. The molecule has 0 unspecified atom stereocenters. The minimum atomic E-state index is 0.826. The standard InChI is InChI=1S/C10H18N4/c1-13-10(9(11)8-12-13)4-7-14-5-2-3-6-14/h8H,2-7,11H2,1H3. The van der Waals surface area contributed by atoms with Gasteiger partial charge in [-0.05, 0) is 25.9 Å². The quantitative estimate of drug-likeness (QED) is 0.768. The van der Waals surface area contributed by atoms with Gasteiger partial charge in [-0.3, -0.25) is 4.68 Å². The van der Waals surface area contributed by atoms with Crippen molar-refractivity contribution in [1.29, 1.82) is 0 Å². The third-order valence-electron chi connectivity index (χ3n) is 2.96. The van der Waals surface area contributed by atoms with Gasteiger partial charge in [0.25, 0.3) is 0 Å². The van der Waals surface area contributed by atoms with Gasteiger partial charge in [0, 0.05) is 20.0 Å². The summed E-state index contributed by atoms with van der Waals surface area (Å²) in [6.07, 6.45) is 5.45. The molecule has 4 nitrogen and oxygen atoms in total. The van der Waals surface area contributed by atoms with Gasteiger partial charge in [-0.1, -0.05) is 0 Å². The number of nitrogens with zero attached hydrogens (tertiary/aromatic N) is 3. The van der Waals surface area contributed by atoms with E-state index < -0.39 is 0 Å². The molecule has 14 heavy (non-hydrogen) atoms. The molecule has 78 valence electrons. The van der Waals surface area contributed by atoms with E-state index in [0.717, 1.165) is 24.3 Å². The first-order valence-corrected chi connectivity index (χ1v) is 5.26. The van der Waals surface area contributed by atoms with Gasteiger partial charge in [0.05, 0.1) is 17.6 Å². The Labute approximate surface area is 84.7 Å². The molecular formula is C10H18N4. The van der Waals surface area contributed by atoms with E-state index in [0.29, 0.717) is 0 Å². The van der Waals surface area contributed by atoms with Gasteiger partial charge in [-0.2, -0.15) is 5.10 Å². The molecule has 0 radical (unpaired) electrons. The highest BCUT2D eigenvalue weighted by molar-refractivity contribution is 5.40. The zero-order chi connectivity index (χ0) is 9.97. The summed E-state index contributed by atoms with van der Waals surface area (Å²) in [6, 6.07) is 0. The van der Waals surface area contributed by atoms with Crippen LogP contribution in [0.3, 0.4) is 0 Å². The van der Waals surface area contributed by atoms with E-state index in [4.69, 9.17) is 5.73 Å². The predicted molar refractivity (Wildman–Crippen MR) is 57.0 cm³/mol. The number of nitrogen functional groups attached to an aromatic ring is 1. The normalized spacial score (nSPS) is 17.8. The van der Waals surface area contributed by atoms with Crippen molar-refractivity contribution in [2.24, 2.45) is 7.05 Å². The monoisotopic (exact) mass is 194 g/mol. The largest absolute Gasteiger partial charge is 0.396 e. The Kier molecular flexibility index (Phi) is 2.72. The highest BCUT2D eigenvalue weighted by Crippen LogP contribution is 2.13. The molecule has 1 aliphatic rings. The first-order valence-electron chi connectivity index (χ1n) is 5.26. The maximum Gasteiger partial charge on any atom is 0.0733 e. The maximum atomic E-state index is 5.82. The fourth-order valence-corrected chi connectivity index (χ4v) is 2.06. The molecule has 1 saturated heterocycles. The lowest BCUT2D eigenvalue weighted by molar-refractivity contribution is 0.340. The van der Waals surface area contributed by atoms with Crippen LogP contribution in [0.25, 0.3) is 0 Å². The highest BCUT2D eigenvalue weighted by Gasteiger charge is 2.13. The number of anilines is 1. The van der Waals surface area contributed by atoms with Crippen molar-refractivity contribution < 1.29 is 0 Å². The second-order valence-electron chi connectivity index (χ2n) is 3.97. The van der Waals surface area contributed by atoms with E-state index in [1.807, 2.05) is 11.7 Å². The molecule has 2 heterocycles. The van der Waals surface area contributed by atoms with E-state index in [1.54, 1.807) is 6.20 Å². The van der Waals surface area contributed by atoms with Gasteiger partial charge in [0.2, 0.25) is 0 Å². The molecule has 2 N–H and O–H groups in total. The Hall–Kier alpha value is -1.03. The number of likely N-dealkylation sites (tertiary alicyclic amines) is 1. The van der Waals surface area contributed by atoms with Crippen molar-refractivity contribution in [3.8, 4) is 0 Å². The average molecular weight is 194 g/mol. The first kappa shape index (κ1) is 9.52. The fourth-order valence-electron chi connectivity index (χ4n) is 2.06. The molecular weight excluding hydrogens is 176 g/mol. The van der Waals surface area contributed by atoms with Crippen molar-refractivity contribution in [2.45, 2.75) is 19.3 Å². The number of nitrogens with two attached hydrogens (primary N) is 1. The van der Waals surface area contributed by atoms with Crippen LogP contribution in [-0.2, 0) is 13.5 Å². The van der Waals surface area contributed by atoms with E-state index in [1.165, 1.54) is 25.9 Å². The van der Waals surface area contributed by atoms with Crippen molar-refractivity contribution in [1.82, 2.24) is 14.7 Å². The van der Waals surface area contributed by atoms with Crippen LogP contribution in [0.5, 0.6) is 0 Å². The van der Waals surface area contributed by atoms with Crippen LogP contribution in [-0.4, -0.2) is 34.3 Å². The number of hydrogen-bond donors (Lipinski definition) is 1. The molecule has 1 aromatic heterocycles.